The van der Waals surface area contributed by atoms with E-state index in [1.165, 1.54) is 0 Å². The molecule has 0 saturated carbocycles. The summed E-state index contributed by atoms with van der Waals surface area (Å²) in [5, 5.41) is 0. The van der Waals surface area contributed by atoms with Gasteiger partial charge in [0.25, 0.3) is 0 Å². The Hall–Kier alpha value is -0.110. The van der Waals surface area contributed by atoms with Crippen molar-refractivity contribution in [3.63, 3.8) is 0 Å². The summed E-state index contributed by atoms with van der Waals surface area (Å²) in [6.45, 7) is 4.25. The lowest BCUT2D eigenvalue weighted by Gasteiger charge is -2.22. The summed E-state index contributed by atoms with van der Waals surface area (Å²) in [6.07, 6.45) is 4.14. The van der Waals surface area contributed by atoms with Crippen molar-refractivity contribution >= 4 is 0 Å². The van der Waals surface area contributed by atoms with E-state index in [1.807, 2.05) is 6.92 Å². The van der Waals surface area contributed by atoms with Crippen LogP contribution in [-0.2, 0) is 0 Å². The first-order valence-electron chi connectivity index (χ1n) is 4.57. The highest BCUT2D eigenvalue weighted by atomic mass is 19.1. The highest BCUT2D eigenvalue weighted by Gasteiger charge is 2.25. The fourth-order valence-corrected chi connectivity index (χ4v) is 1.27. The number of halogens is 1. The molecule has 1 atom stereocenters. The van der Waals surface area contributed by atoms with Gasteiger partial charge >= 0.3 is 0 Å². The quantitative estimate of drug-likeness (QED) is 0.636. The predicted molar refractivity (Wildman–Crippen MR) is 47.3 cm³/mol. The highest BCUT2D eigenvalue weighted by Crippen LogP contribution is 2.23. The van der Waals surface area contributed by atoms with Crippen molar-refractivity contribution in [3.05, 3.63) is 0 Å². The average molecular weight is 161 g/mol. The maximum atomic E-state index is 13.6. The Morgan fingerprint density at radius 3 is 2.18 bits per heavy atom. The van der Waals surface area contributed by atoms with Gasteiger partial charge in [0.1, 0.15) is 5.67 Å². The fourth-order valence-electron chi connectivity index (χ4n) is 1.27. The van der Waals surface area contributed by atoms with Crippen molar-refractivity contribution < 1.29 is 4.39 Å². The average Bonchev–Trinajstić information content (AvgIpc) is 2.02. The van der Waals surface area contributed by atoms with Gasteiger partial charge in [0.2, 0.25) is 0 Å². The topological polar surface area (TPSA) is 26.0 Å². The van der Waals surface area contributed by atoms with E-state index in [0.29, 0.717) is 12.8 Å². The van der Waals surface area contributed by atoms with Crippen molar-refractivity contribution in [1.82, 2.24) is 0 Å². The van der Waals surface area contributed by atoms with Gasteiger partial charge in [-0.1, -0.05) is 33.1 Å². The Labute approximate surface area is 69.2 Å². The van der Waals surface area contributed by atoms with Gasteiger partial charge in [-0.15, -0.1) is 0 Å². The van der Waals surface area contributed by atoms with Gasteiger partial charge in [0.05, 0.1) is 0 Å². The molecule has 2 N–H and O–H groups in total. The minimum absolute atomic E-state index is 0.181. The van der Waals surface area contributed by atoms with Crippen LogP contribution >= 0.6 is 0 Å². The highest BCUT2D eigenvalue weighted by molar-refractivity contribution is 4.79. The van der Waals surface area contributed by atoms with E-state index in [4.69, 9.17) is 5.73 Å². The number of rotatable bonds is 6. The molecule has 11 heavy (non-hydrogen) atoms. The van der Waals surface area contributed by atoms with Crippen molar-refractivity contribution in [2.24, 2.45) is 5.73 Å². The molecule has 1 nitrogen and oxygen atoms in total. The Kier molecular flexibility index (Phi) is 5.47. The van der Waals surface area contributed by atoms with E-state index < -0.39 is 5.67 Å². The van der Waals surface area contributed by atoms with E-state index in [9.17, 15) is 4.39 Å². The summed E-state index contributed by atoms with van der Waals surface area (Å²) < 4.78 is 13.6. The van der Waals surface area contributed by atoms with Gasteiger partial charge in [0.15, 0.2) is 0 Å². The van der Waals surface area contributed by atoms with Crippen molar-refractivity contribution in [2.45, 2.75) is 51.6 Å². The molecule has 0 radical (unpaired) electrons. The van der Waals surface area contributed by atoms with Crippen LogP contribution in [0.2, 0.25) is 0 Å². The Balaban J connectivity index is 3.68. The van der Waals surface area contributed by atoms with Gasteiger partial charge < -0.3 is 5.73 Å². The third-order valence-corrected chi connectivity index (χ3v) is 2.04. The SMILES string of the molecule is CCCCC(F)(CN)CCC. The van der Waals surface area contributed by atoms with E-state index in [0.717, 1.165) is 19.3 Å². The molecule has 0 spiro atoms. The van der Waals surface area contributed by atoms with Crippen LogP contribution in [0, 0.1) is 0 Å². The van der Waals surface area contributed by atoms with Crippen LogP contribution in [0.5, 0.6) is 0 Å². The molecule has 0 aliphatic carbocycles. The second-order valence-electron chi connectivity index (χ2n) is 3.21. The summed E-state index contributed by atoms with van der Waals surface area (Å²) in [4.78, 5) is 0. The van der Waals surface area contributed by atoms with Gasteiger partial charge in [-0.25, -0.2) is 4.39 Å². The Bertz CT molecular complexity index is 95.6. The molecule has 0 aromatic heterocycles. The first-order valence-corrected chi connectivity index (χ1v) is 4.57. The maximum absolute atomic E-state index is 13.6. The lowest BCUT2D eigenvalue weighted by atomic mass is 9.94. The third kappa shape index (κ3) is 4.35. The van der Waals surface area contributed by atoms with E-state index in [1.54, 1.807) is 0 Å². The second kappa shape index (κ2) is 5.53. The summed E-state index contributed by atoms with van der Waals surface area (Å²) in [7, 11) is 0. The van der Waals surface area contributed by atoms with E-state index in [-0.39, 0.29) is 6.54 Å². The second-order valence-corrected chi connectivity index (χ2v) is 3.21. The summed E-state index contributed by atoms with van der Waals surface area (Å²) in [5.41, 5.74) is 4.28. The molecule has 0 saturated heterocycles. The van der Waals surface area contributed by atoms with Crippen molar-refractivity contribution in [3.8, 4) is 0 Å². The van der Waals surface area contributed by atoms with Crippen LogP contribution in [0.1, 0.15) is 46.0 Å². The summed E-state index contributed by atoms with van der Waals surface area (Å²) >= 11 is 0. The van der Waals surface area contributed by atoms with Crippen molar-refractivity contribution in [2.75, 3.05) is 6.54 Å². The summed E-state index contributed by atoms with van der Waals surface area (Å²) in [6, 6.07) is 0. The zero-order valence-electron chi connectivity index (χ0n) is 7.70. The van der Waals surface area contributed by atoms with Gasteiger partial charge in [0, 0.05) is 6.54 Å². The molecule has 0 aliphatic rings. The molecular formula is C9H20FN. The molecule has 0 heterocycles. The molecule has 0 bridgehead atoms. The third-order valence-electron chi connectivity index (χ3n) is 2.04. The molecule has 0 rings (SSSR count). The van der Waals surface area contributed by atoms with Gasteiger partial charge in [-0.2, -0.15) is 0 Å². The molecule has 2 heteroatoms. The van der Waals surface area contributed by atoms with Gasteiger partial charge in [-0.3, -0.25) is 0 Å². The number of unbranched alkanes of at least 4 members (excludes halogenated alkanes) is 1. The molecule has 1 unspecified atom stereocenters. The van der Waals surface area contributed by atoms with Crippen molar-refractivity contribution in [1.29, 1.82) is 0 Å². The summed E-state index contributed by atoms with van der Waals surface area (Å²) in [5.74, 6) is 0. The molecule has 0 aliphatic heterocycles. The maximum Gasteiger partial charge on any atom is 0.123 e. The molecule has 68 valence electrons. The Morgan fingerprint density at radius 2 is 1.82 bits per heavy atom. The lowest BCUT2D eigenvalue weighted by molar-refractivity contribution is 0.142. The fraction of sp³-hybridized carbons (Fsp3) is 1.00. The lowest BCUT2D eigenvalue weighted by Crippen LogP contribution is -2.32. The standard InChI is InChI=1S/C9H20FN/c1-3-5-7-9(10,8-11)6-4-2/h3-8,11H2,1-2H3. The van der Waals surface area contributed by atoms with Crippen LogP contribution in [0.4, 0.5) is 4.39 Å². The number of nitrogens with two attached hydrogens (primary N) is 1. The largest absolute Gasteiger partial charge is 0.328 e. The molecule has 0 amide bonds. The van der Waals surface area contributed by atoms with Crippen LogP contribution in [-0.4, -0.2) is 12.2 Å². The monoisotopic (exact) mass is 161 g/mol. The van der Waals surface area contributed by atoms with Crippen LogP contribution in [0.15, 0.2) is 0 Å². The Morgan fingerprint density at radius 1 is 1.18 bits per heavy atom. The number of alkyl halides is 1. The minimum Gasteiger partial charge on any atom is -0.328 e. The van der Waals surface area contributed by atoms with E-state index in [2.05, 4.69) is 6.92 Å². The number of hydrogen-bond acceptors (Lipinski definition) is 1. The molecule has 0 aromatic rings. The first-order chi connectivity index (χ1) is 5.18. The number of hydrogen-bond donors (Lipinski definition) is 1. The molecule has 0 fully saturated rings. The zero-order chi connectivity index (χ0) is 8.74. The van der Waals surface area contributed by atoms with Crippen LogP contribution in [0.3, 0.4) is 0 Å². The van der Waals surface area contributed by atoms with Crippen LogP contribution in [0.25, 0.3) is 0 Å². The minimum atomic E-state index is -1.08. The van der Waals surface area contributed by atoms with Gasteiger partial charge in [-0.05, 0) is 12.8 Å². The normalized spacial score (nSPS) is 16.4. The first kappa shape index (κ1) is 10.9. The predicted octanol–water partition coefficient (Wildman–Crippen LogP) is 2.64. The smallest absolute Gasteiger partial charge is 0.123 e. The van der Waals surface area contributed by atoms with E-state index >= 15 is 0 Å². The molecular weight excluding hydrogens is 141 g/mol. The zero-order valence-corrected chi connectivity index (χ0v) is 7.70. The van der Waals surface area contributed by atoms with Crippen LogP contribution < -0.4 is 5.73 Å². The molecule has 0 aromatic carbocycles.